The first-order valence-corrected chi connectivity index (χ1v) is 11.3. The molecule has 0 saturated heterocycles. The summed E-state index contributed by atoms with van der Waals surface area (Å²) in [6.07, 6.45) is 5.11. The van der Waals surface area contributed by atoms with Crippen LogP contribution in [-0.2, 0) is 23.4 Å². The number of aromatic nitrogens is 2. The van der Waals surface area contributed by atoms with Crippen molar-refractivity contribution in [3.05, 3.63) is 41.7 Å². The SMILES string of the molecule is Cn1cc(-c2cccc3c2CCNC3(C)CO[SiH2]C(C)(C)C(C)(C)C)cn1. The molecule has 3 rings (SSSR count). The summed E-state index contributed by atoms with van der Waals surface area (Å²) in [5.74, 6) is 0. The number of fused-ring (bicyclic) bond motifs is 1. The molecule has 5 heteroatoms. The second-order valence-electron chi connectivity index (χ2n) is 9.87. The number of benzene rings is 1. The summed E-state index contributed by atoms with van der Waals surface area (Å²) in [5, 5.41) is 8.36. The van der Waals surface area contributed by atoms with Gasteiger partial charge in [-0.25, -0.2) is 0 Å². The largest absolute Gasteiger partial charge is 0.421 e. The van der Waals surface area contributed by atoms with Crippen LogP contribution in [0, 0.1) is 5.41 Å². The summed E-state index contributed by atoms with van der Waals surface area (Å²) in [6.45, 7) is 15.7. The molecule has 1 aromatic heterocycles. The Bertz CT molecular complexity index is 806. The highest BCUT2D eigenvalue weighted by Crippen LogP contribution is 2.44. The van der Waals surface area contributed by atoms with Crippen molar-refractivity contribution in [3.8, 4) is 11.1 Å². The summed E-state index contributed by atoms with van der Waals surface area (Å²) in [5.41, 5.74) is 5.45. The van der Waals surface area contributed by atoms with Crippen molar-refractivity contribution in [3.63, 3.8) is 0 Å². The van der Waals surface area contributed by atoms with Crippen LogP contribution in [0.5, 0.6) is 0 Å². The van der Waals surface area contributed by atoms with Gasteiger partial charge in [-0.1, -0.05) is 52.8 Å². The van der Waals surface area contributed by atoms with E-state index in [1.54, 1.807) is 0 Å². The van der Waals surface area contributed by atoms with Crippen LogP contribution in [0.4, 0.5) is 0 Å². The maximum atomic E-state index is 6.43. The zero-order valence-corrected chi connectivity index (χ0v) is 19.4. The van der Waals surface area contributed by atoms with Gasteiger partial charge in [0.15, 0.2) is 9.76 Å². The molecule has 2 aromatic rings. The number of rotatable bonds is 5. The minimum atomic E-state index is -0.658. The molecule has 1 aliphatic rings. The molecule has 0 bridgehead atoms. The fourth-order valence-corrected chi connectivity index (χ4v) is 5.07. The van der Waals surface area contributed by atoms with Crippen LogP contribution >= 0.6 is 0 Å². The third-order valence-electron chi connectivity index (χ3n) is 6.56. The lowest BCUT2D eigenvalue weighted by Gasteiger charge is -2.41. The van der Waals surface area contributed by atoms with Gasteiger partial charge >= 0.3 is 0 Å². The van der Waals surface area contributed by atoms with E-state index in [4.69, 9.17) is 4.43 Å². The maximum absolute atomic E-state index is 6.43. The molecule has 1 unspecified atom stereocenters. The monoisotopic (exact) mass is 385 g/mol. The van der Waals surface area contributed by atoms with Gasteiger partial charge in [-0.2, -0.15) is 5.10 Å². The van der Waals surface area contributed by atoms with Crippen LogP contribution in [0.25, 0.3) is 11.1 Å². The Hall–Kier alpha value is -1.43. The lowest BCUT2D eigenvalue weighted by Crippen LogP contribution is -2.49. The zero-order valence-electron chi connectivity index (χ0n) is 18.0. The van der Waals surface area contributed by atoms with Crippen LogP contribution in [0.3, 0.4) is 0 Å². The van der Waals surface area contributed by atoms with Crippen LogP contribution in [0.1, 0.15) is 52.7 Å². The Morgan fingerprint density at radius 1 is 1.26 bits per heavy atom. The van der Waals surface area contributed by atoms with Gasteiger partial charge < -0.3 is 9.74 Å². The van der Waals surface area contributed by atoms with E-state index in [0.29, 0.717) is 0 Å². The highest BCUT2D eigenvalue weighted by Gasteiger charge is 2.37. The first-order chi connectivity index (χ1) is 12.5. The maximum Gasteiger partial charge on any atom is 0.167 e. The first kappa shape index (κ1) is 20.3. The van der Waals surface area contributed by atoms with E-state index in [-0.39, 0.29) is 16.0 Å². The minimum absolute atomic E-state index is 0.132. The van der Waals surface area contributed by atoms with Crippen molar-refractivity contribution >= 4 is 9.76 Å². The predicted octanol–water partition coefficient (Wildman–Crippen LogP) is 3.79. The third kappa shape index (κ3) is 4.05. The fraction of sp³-hybridized carbons (Fsp3) is 0.591. The van der Waals surface area contributed by atoms with E-state index in [1.807, 2.05) is 17.9 Å². The molecule has 0 radical (unpaired) electrons. The van der Waals surface area contributed by atoms with E-state index in [9.17, 15) is 0 Å². The second-order valence-corrected chi connectivity index (χ2v) is 12.3. The van der Waals surface area contributed by atoms with Gasteiger partial charge in [0.25, 0.3) is 0 Å². The third-order valence-corrected chi connectivity index (χ3v) is 8.75. The van der Waals surface area contributed by atoms with Gasteiger partial charge in [0.1, 0.15) is 0 Å². The lowest BCUT2D eigenvalue weighted by molar-refractivity contribution is 0.174. The van der Waals surface area contributed by atoms with Crippen molar-refractivity contribution in [1.29, 1.82) is 0 Å². The molecule has 0 saturated carbocycles. The van der Waals surface area contributed by atoms with E-state index < -0.39 is 9.76 Å². The number of hydrogen-bond acceptors (Lipinski definition) is 3. The highest BCUT2D eigenvalue weighted by molar-refractivity contribution is 6.32. The quantitative estimate of drug-likeness (QED) is 0.796. The molecule has 148 valence electrons. The summed E-state index contributed by atoms with van der Waals surface area (Å²) < 4.78 is 8.31. The van der Waals surface area contributed by atoms with Crippen molar-refractivity contribution in [2.45, 2.75) is 58.5 Å². The van der Waals surface area contributed by atoms with Gasteiger partial charge in [-0.15, -0.1) is 0 Å². The molecule has 1 aliphatic heterocycles. The average molecular weight is 386 g/mol. The van der Waals surface area contributed by atoms with Gasteiger partial charge in [0.05, 0.1) is 18.3 Å². The molecule has 0 spiro atoms. The van der Waals surface area contributed by atoms with Gasteiger partial charge in [-0.05, 0) is 40.5 Å². The molecule has 27 heavy (non-hydrogen) atoms. The molecule has 1 N–H and O–H groups in total. The molecule has 4 nitrogen and oxygen atoms in total. The van der Waals surface area contributed by atoms with Gasteiger partial charge in [-0.3, -0.25) is 4.68 Å². The van der Waals surface area contributed by atoms with Crippen LogP contribution in [0.2, 0.25) is 5.04 Å². The number of hydrogen-bond donors (Lipinski definition) is 1. The average Bonchev–Trinajstić information content (AvgIpc) is 3.00. The minimum Gasteiger partial charge on any atom is -0.421 e. The summed E-state index contributed by atoms with van der Waals surface area (Å²) in [6, 6.07) is 6.66. The molecule has 1 atom stereocenters. The molecule has 1 aromatic carbocycles. The first-order valence-electron chi connectivity index (χ1n) is 9.98. The molecule has 0 aliphatic carbocycles. The standard InChI is InChI=1S/C22H35N3OSi/c1-20(2,3)21(4,5)27-26-15-22(6)19-10-8-9-17(18(19)11-12-23-22)16-13-24-25(7)14-16/h8-10,13-14,23H,11-12,15,27H2,1-7H3. The van der Waals surface area contributed by atoms with Crippen molar-refractivity contribution in [1.82, 2.24) is 15.1 Å². The normalized spacial score (nSPS) is 21.0. The molecule has 0 amide bonds. The molecule has 2 heterocycles. The van der Waals surface area contributed by atoms with Crippen molar-refractivity contribution in [2.75, 3.05) is 13.2 Å². The summed E-state index contributed by atoms with van der Waals surface area (Å²) in [4.78, 5) is 0. The van der Waals surface area contributed by atoms with Gasteiger partial charge in [0.2, 0.25) is 0 Å². The number of nitrogens with one attached hydrogen (secondary N) is 1. The Morgan fingerprint density at radius 2 is 2.00 bits per heavy atom. The Labute approximate surface area is 166 Å². The van der Waals surface area contributed by atoms with Crippen LogP contribution < -0.4 is 5.32 Å². The van der Waals surface area contributed by atoms with Gasteiger partial charge in [0, 0.05) is 25.4 Å². The van der Waals surface area contributed by atoms with E-state index in [1.165, 1.54) is 22.3 Å². The van der Waals surface area contributed by atoms with Crippen LogP contribution in [-0.4, -0.2) is 32.7 Å². The fourth-order valence-electron chi connectivity index (χ4n) is 3.62. The molecular weight excluding hydrogens is 350 g/mol. The van der Waals surface area contributed by atoms with E-state index in [2.05, 4.69) is 76.4 Å². The van der Waals surface area contributed by atoms with Crippen molar-refractivity contribution in [2.24, 2.45) is 12.5 Å². The molecular formula is C22H35N3OSi. The zero-order chi connectivity index (χ0) is 19.9. The predicted molar refractivity (Wildman–Crippen MR) is 116 cm³/mol. The summed E-state index contributed by atoms with van der Waals surface area (Å²) in [7, 11) is 1.31. The smallest absolute Gasteiger partial charge is 0.167 e. The number of nitrogens with zero attached hydrogens (tertiary/aromatic N) is 2. The van der Waals surface area contributed by atoms with E-state index in [0.717, 1.165) is 19.6 Å². The Morgan fingerprint density at radius 3 is 2.63 bits per heavy atom. The van der Waals surface area contributed by atoms with E-state index >= 15 is 0 Å². The second kappa shape index (κ2) is 7.19. The molecule has 0 fully saturated rings. The number of aryl methyl sites for hydroxylation is 1. The van der Waals surface area contributed by atoms with Crippen molar-refractivity contribution < 1.29 is 4.43 Å². The van der Waals surface area contributed by atoms with Crippen LogP contribution in [0.15, 0.2) is 30.6 Å². The highest BCUT2D eigenvalue weighted by atomic mass is 28.2. The lowest BCUT2D eigenvalue weighted by atomic mass is 9.81. The Kier molecular flexibility index (Phi) is 5.41. The topological polar surface area (TPSA) is 39.1 Å². The Balaban J connectivity index is 1.83. The summed E-state index contributed by atoms with van der Waals surface area (Å²) >= 11 is 0.